The molecule has 102 valence electrons. The number of halogens is 2. The number of rotatable bonds is 7. The quantitative estimate of drug-likeness (QED) is 0.750. The van der Waals surface area contributed by atoms with Crippen LogP contribution in [0, 0.1) is 5.92 Å². The van der Waals surface area contributed by atoms with Gasteiger partial charge in [-0.15, -0.1) is 0 Å². The minimum absolute atomic E-state index is 0.0288. The molecule has 0 aliphatic heterocycles. The SMILES string of the molecule is CCCCN(CCO)CC1CCCC(F)(F)C1. The smallest absolute Gasteiger partial charge is 0.248 e. The zero-order valence-electron chi connectivity index (χ0n) is 10.8. The maximum absolute atomic E-state index is 13.3. The number of aliphatic hydroxyl groups excluding tert-OH is 1. The van der Waals surface area contributed by atoms with E-state index in [2.05, 4.69) is 11.8 Å². The molecule has 4 heteroatoms. The van der Waals surface area contributed by atoms with Crippen LogP contribution in [0.1, 0.15) is 45.4 Å². The molecule has 1 atom stereocenters. The molecule has 0 heterocycles. The van der Waals surface area contributed by atoms with Crippen molar-refractivity contribution in [1.82, 2.24) is 4.90 Å². The Bertz CT molecular complexity index is 212. The predicted molar refractivity (Wildman–Crippen MR) is 65.3 cm³/mol. The Hall–Kier alpha value is -0.220. The van der Waals surface area contributed by atoms with Crippen LogP contribution in [0.25, 0.3) is 0 Å². The zero-order chi connectivity index (χ0) is 12.7. The number of nitrogens with zero attached hydrogens (tertiary/aromatic N) is 1. The number of unbranched alkanes of at least 4 members (excludes halogenated alkanes) is 1. The van der Waals surface area contributed by atoms with Crippen LogP contribution in [0.2, 0.25) is 0 Å². The summed E-state index contributed by atoms with van der Waals surface area (Å²) < 4.78 is 26.5. The van der Waals surface area contributed by atoms with E-state index in [1.54, 1.807) is 0 Å². The van der Waals surface area contributed by atoms with Crippen LogP contribution in [0.3, 0.4) is 0 Å². The molecule has 2 nitrogen and oxygen atoms in total. The second-order valence-corrected chi connectivity index (χ2v) is 5.20. The van der Waals surface area contributed by atoms with E-state index in [1.165, 1.54) is 0 Å². The Morgan fingerprint density at radius 1 is 1.35 bits per heavy atom. The van der Waals surface area contributed by atoms with Crippen molar-refractivity contribution >= 4 is 0 Å². The van der Waals surface area contributed by atoms with Gasteiger partial charge in [-0.25, -0.2) is 8.78 Å². The van der Waals surface area contributed by atoms with Crippen molar-refractivity contribution in [2.75, 3.05) is 26.2 Å². The van der Waals surface area contributed by atoms with Crippen LogP contribution in [0.5, 0.6) is 0 Å². The van der Waals surface area contributed by atoms with Crippen molar-refractivity contribution in [2.45, 2.75) is 51.4 Å². The van der Waals surface area contributed by atoms with Crippen LogP contribution >= 0.6 is 0 Å². The minimum atomic E-state index is -2.46. The molecule has 0 amide bonds. The van der Waals surface area contributed by atoms with Crippen LogP contribution in [-0.4, -0.2) is 42.2 Å². The van der Waals surface area contributed by atoms with Gasteiger partial charge >= 0.3 is 0 Å². The topological polar surface area (TPSA) is 23.5 Å². The van der Waals surface area contributed by atoms with Crippen molar-refractivity contribution in [2.24, 2.45) is 5.92 Å². The minimum Gasteiger partial charge on any atom is -0.395 e. The lowest BCUT2D eigenvalue weighted by molar-refractivity contribution is -0.0572. The predicted octanol–water partition coefficient (Wildman–Crippen LogP) is 2.91. The van der Waals surface area contributed by atoms with Gasteiger partial charge in [-0.2, -0.15) is 0 Å². The van der Waals surface area contributed by atoms with Crippen molar-refractivity contribution in [3.05, 3.63) is 0 Å². The average molecular weight is 249 g/mol. The van der Waals surface area contributed by atoms with Crippen molar-refractivity contribution in [1.29, 1.82) is 0 Å². The summed E-state index contributed by atoms with van der Waals surface area (Å²) in [5.41, 5.74) is 0. The van der Waals surface area contributed by atoms with E-state index in [4.69, 9.17) is 5.11 Å². The second kappa shape index (κ2) is 7.27. The van der Waals surface area contributed by atoms with Gasteiger partial charge in [-0.1, -0.05) is 13.3 Å². The number of hydrogen-bond acceptors (Lipinski definition) is 2. The molecule has 1 aliphatic rings. The molecule has 0 radical (unpaired) electrons. The highest BCUT2D eigenvalue weighted by molar-refractivity contribution is 4.80. The molecule has 0 spiro atoms. The van der Waals surface area contributed by atoms with E-state index in [0.717, 1.165) is 32.4 Å². The molecule has 0 aromatic heterocycles. The highest BCUT2D eigenvalue weighted by Gasteiger charge is 2.36. The molecule has 1 aliphatic carbocycles. The van der Waals surface area contributed by atoms with Crippen LogP contribution in [-0.2, 0) is 0 Å². The first-order valence-electron chi connectivity index (χ1n) is 6.78. The monoisotopic (exact) mass is 249 g/mol. The van der Waals surface area contributed by atoms with E-state index < -0.39 is 5.92 Å². The standard InChI is InChI=1S/C13H25F2NO/c1-2-3-7-16(8-9-17)11-12-5-4-6-13(14,15)10-12/h12,17H,2-11H2,1H3. The summed E-state index contributed by atoms with van der Waals surface area (Å²) in [5.74, 6) is -2.36. The molecule has 1 fully saturated rings. The molecular formula is C13H25F2NO. The van der Waals surface area contributed by atoms with Crippen molar-refractivity contribution in [3.8, 4) is 0 Å². The van der Waals surface area contributed by atoms with E-state index in [0.29, 0.717) is 13.0 Å². The summed E-state index contributed by atoms with van der Waals surface area (Å²) in [5, 5.41) is 8.98. The van der Waals surface area contributed by atoms with Gasteiger partial charge in [0.15, 0.2) is 0 Å². The lowest BCUT2D eigenvalue weighted by atomic mass is 9.86. The van der Waals surface area contributed by atoms with Gasteiger partial charge in [-0.05, 0) is 31.7 Å². The lowest BCUT2D eigenvalue weighted by Crippen LogP contribution is -2.37. The molecule has 0 aromatic carbocycles. The molecule has 1 rings (SSSR count). The fourth-order valence-electron chi connectivity index (χ4n) is 2.61. The molecular weight excluding hydrogens is 224 g/mol. The van der Waals surface area contributed by atoms with Crippen molar-refractivity contribution < 1.29 is 13.9 Å². The van der Waals surface area contributed by atoms with Gasteiger partial charge in [0.05, 0.1) is 6.61 Å². The summed E-state index contributed by atoms with van der Waals surface area (Å²) in [6, 6.07) is 0. The number of alkyl halides is 2. The summed E-state index contributed by atoms with van der Waals surface area (Å²) >= 11 is 0. The lowest BCUT2D eigenvalue weighted by Gasteiger charge is -2.33. The summed E-state index contributed by atoms with van der Waals surface area (Å²) in [7, 11) is 0. The van der Waals surface area contributed by atoms with Gasteiger partial charge in [0.1, 0.15) is 0 Å². The summed E-state index contributed by atoms with van der Waals surface area (Å²) in [4.78, 5) is 2.13. The molecule has 0 saturated heterocycles. The summed E-state index contributed by atoms with van der Waals surface area (Å²) in [6.07, 6.45) is 3.80. The first kappa shape index (κ1) is 14.8. The Kier molecular flexibility index (Phi) is 6.34. The third-order valence-electron chi connectivity index (χ3n) is 3.50. The van der Waals surface area contributed by atoms with Gasteiger partial charge in [0, 0.05) is 25.9 Å². The fraction of sp³-hybridized carbons (Fsp3) is 1.00. The third kappa shape index (κ3) is 5.77. The molecule has 0 bridgehead atoms. The second-order valence-electron chi connectivity index (χ2n) is 5.20. The normalized spacial score (nSPS) is 24.2. The number of aliphatic hydroxyl groups is 1. The molecule has 1 saturated carbocycles. The van der Waals surface area contributed by atoms with E-state index in [9.17, 15) is 8.78 Å². The van der Waals surface area contributed by atoms with Crippen LogP contribution < -0.4 is 0 Å². The van der Waals surface area contributed by atoms with E-state index in [1.807, 2.05) is 0 Å². The Labute approximate surface area is 103 Å². The molecule has 1 N–H and O–H groups in total. The molecule has 0 aromatic rings. The Balaban J connectivity index is 2.37. The van der Waals surface area contributed by atoms with E-state index >= 15 is 0 Å². The molecule has 1 unspecified atom stereocenters. The Morgan fingerprint density at radius 2 is 2.12 bits per heavy atom. The highest BCUT2D eigenvalue weighted by Crippen LogP contribution is 2.36. The van der Waals surface area contributed by atoms with Gasteiger partial charge < -0.3 is 10.0 Å². The first-order chi connectivity index (χ1) is 8.07. The fourth-order valence-corrected chi connectivity index (χ4v) is 2.61. The summed E-state index contributed by atoms with van der Waals surface area (Å²) in [6.45, 7) is 4.48. The Morgan fingerprint density at radius 3 is 2.71 bits per heavy atom. The van der Waals surface area contributed by atoms with Gasteiger partial charge in [0.2, 0.25) is 5.92 Å². The number of hydrogen-bond donors (Lipinski definition) is 1. The zero-order valence-corrected chi connectivity index (χ0v) is 10.8. The third-order valence-corrected chi connectivity index (χ3v) is 3.50. The van der Waals surface area contributed by atoms with Gasteiger partial charge in [0.25, 0.3) is 0 Å². The maximum Gasteiger partial charge on any atom is 0.248 e. The maximum atomic E-state index is 13.3. The van der Waals surface area contributed by atoms with Crippen LogP contribution in [0.15, 0.2) is 0 Å². The largest absolute Gasteiger partial charge is 0.395 e. The highest BCUT2D eigenvalue weighted by atomic mass is 19.3. The van der Waals surface area contributed by atoms with Gasteiger partial charge in [-0.3, -0.25) is 0 Å². The molecule has 17 heavy (non-hydrogen) atoms. The first-order valence-corrected chi connectivity index (χ1v) is 6.78. The van der Waals surface area contributed by atoms with Crippen LogP contribution in [0.4, 0.5) is 8.78 Å². The van der Waals surface area contributed by atoms with Crippen molar-refractivity contribution in [3.63, 3.8) is 0 Å². The van der Waals surface area contributed by atoms with E-state index in [-0.39, 0.29) is 25.4 Å². The average Bonchev–Trinajstić information content (AvgIpc) is 2.25.